The third kappa shape index (κ3) is 2.23. The van der Waals surface area contributed by atoms with Gasteiger partial charge >= 0.3 is 0 Å². The summed E-state index contributed by atoms with van der Waals surface area (Å²) in [5.41, 5.74) is 0.915. The van der Waals surface area contributed by atoms with Gasteiger partial charge in [-0.15, -0.1) is 0 Å². The number of nitrogens with zero attached hydrogens (tertiary/aromatic N) is 1. The molecule has 2 bridgehead atoms. The molecule has 3 rings (SSSR count). The van der Waals surface area contributed by atoms with Gasteiger partial charge in [0.25, 0.3) is 5.91 Å². The molecule has 20 heavy (non-hydrogen) atoms. The molecule has 2 fully saturated rings. The van der Waals surface area contributed by atoms with Gasteiger partial charge < -0.3 is 4.90 Å². The van der Waals surface area contributed by atoms with Crippen LogP contribution >= 0.6 is 0 Å². The van der Waals surface area contributed by atoms with Crippen molar-refractivity contribution in [3.63, 3.8) is 0 Å². The smallest absolute Gasteiger partial charge is 0.254 e. The molecule has 1 aliphatic heterocycles. The van der Waals surface area contributed by atoms with Crippen molar-refractivity contribution >= 4 is 5.91 Å². The van der Waals surface area contributed by atoms with Gasteiger partial charge in [0, 0.05) is 18.2 Å². The van der Waals surface area contributed by atoms with Gasteiger partial charge in [0.1, 0.15) is 5.82 Å². The van der Waals surface area contributed by atoms with Crippen molar-refractivity contribution in [3.05, 3.63) is 35.1 Å². The topological polar surface area (TPSA) is 20.3 Å². The molecule has 1 aliphatic carbocycles. The largest absolute Gasteiger partial charge is 0.335 e. The Balaban J connectivity index is 1.84. The van der Waals surface area contributed by atoms with Crippen LogP contribution in [-0.2, 0) is 5.41 Å². The van der Waals surface area contributed by atoms with E-state index in [1.165, 1.54) is 12.5 Å². The molecule has 1 saturated heterocycles. The summed E-state index contributed by atoms with van der Waals surface area (Å²) in [5, 5.41) is 0. The number of carbonyl (C=O) groups is 1. The Hall–Kier alpha value is -1.38. The first-order valence-electron chi connectivity index (χ1n) is 7.47. The van der Waals surface area contributed by atoms with Gasteiger partial charge in [-0.05, 0) is 48.3 Å². The number of carbonyl (C=O) groups excluding carboxylic acids is 1. The van der Waals surface area contributed by atoms with Gasteiger partial charge in [0.2, 0.25) is 0 Å². The number of likely N-dealkylation sites (tertiary alicyclic amines) is 1. The SMILES string of the molecule is CC(C)(C)c1ccc(C(=O)N2CC3CCC2C3)cc1F. The predicted octanol–water partition coefficient (Wildman–Crippen LogP) is 3.75. The van der Waals surface area contributed by atoms with E-state index in [1.54, 1.807) is 12.1 Å². The Kier molecular flexibility index (Phi) is 3.11. The molecular formula is C17H22FNO. The molecule has 3 heteroatoms. The fourth-order valence-electron chi connectivity index (χ4n) is 3.60. The molecule has 2 aliphatic rings. The van der Waals surface area contributed by atoms with Crippen LogP contribution in [0.3, 0.4) is 0 Å². The molecule has 0 radical (unpaired) electrons. The summed E-state index contributed by atoms with van der Waals surface area (Å²) < 4.78 is 14.2. The zero-order valence-electron chi connectivity index (χ0n) is 12.4. The first-order chi connectivity index (χ1) is 9.36. The van der Waals surface area contributed by atoms with E-state index in [2.05, 4.69) is 0 Å². The van der Waals surface area contributed by atoms with E-state index in [1.807, 2.05) is 25.7 Å². The predicted molar refractivity (Wildman–Crippen MR) is 77.3 cm³/mol. The van der Waals surface area contributed by atoms with E-state index in [-0.39, 0.29) is 17.1 Å². The molecule has 2 atom stereocenters. The summed E-state index contributed by atoms with van der Waals surface area (Å²) in [6, 6.07) is 5.34. The standard InChI is InChI=1S/C17H22FNO/c1-17(2,3)14-7-5-12(9-15(14)18)16(20)19-10-11-4-6-13(19)8-11/h5,7,9,11,13H,4,6,8,10H2,1-3H3. The normalized spacial score (nSPS) is 25.3. The average Bonchev–Trinajstić information content (AvgIpc) is 2.98. The summed E-state index contributed by atoms with van der Waals surface area (Å²) in [7, 11) is 0. The van der Waals surface area contributed by atoms with Crippen molar-refractivity contribution in [2.45, 2.75) is 51.5 Å². The number of piperidine rings is 1. The van der Waals surface area contributed by atoms with Crippen molar-refractivity contribution in [3.8, 4) is 0 Å². The van der Waals surface area contributed by atoms with E-state index < -0.39 is 0 Å². The van der Waals surface area contributed by atoms with Crippen LogP contribution in [0, 0.1) is 11.7 Å². The summed E-state index contributed by atoms with van der Waals surface area (Å²) in [6.07, 6.45) is 3.49. The molecule has 0 aromatic heterocycles. The molecule has 0 N–H and O–H groups in total. The van der Waals surface area contributed by atoms with E-state index in [4.69, 9.17) is 0 Å². The lowest BCUT2D eigenvalue weighted by molar-refractivity contribution is 0.0703. The van der Waals surface area contributed by atoms with Crippen LogP contribution < -0.4 is 0 Å². The van der Waals surface area contributed by atoms with Crippen LogP contribution in [-0.4, -0.2) is 23.4 Å². The van der Waals surface area contributed by atoms with Gasteiger partial charge in [-0.3, -0.25) is 4.79 Å². The number of hydrogen-bond acceptors (Lipinski definition) is 1. The van der Waals surface area contributed by atoms with Crippen LogP contribution in [0.5, 0.6) is 0 Å². The highest BCUT2D eigenvalue weighted by Gasteiger charge is 2.40. The molecule has 2 nitrogen and oxygen atoms in total. The highest BCUT2D eigenvalue weighted by atomic mass is 19.1. The van der Waals surface area contributed by atoms with E-state index in [0.29, 0.717) is 23.1 Å². The number of amides is 1. The molecule has 108 valence electrons. The molecule has 1 heterocycles. The van der Waals surface area contributed by atoms with Gasteiger partial charge in [-0.1, -0.05) is 26.8 Å². The molecule has 0 spiro atoms. The molecular weight excluding hydrogens is 253 g/mol. The Morgan fingerprint density at radius 2 is 2.05 bits per heavy atom. The lowest BCUT2D eigenvalue weighted by atomic mass is 9.86. The fraction of sp³-hybridized carbons (Fsp3) is 0.588. The molecule has 1 aromatic rings. The van der Waals surface area contributed by atoms with Gasteiger partial charge in [0.15, 0.2) is 0 Å². The first kappa shape index (κ1) is 13.6. The van der Waals surface area contributed by atoms with E-state index in [0.717, 1.165) is 19.4 Å². The highest BCUT2D eigenvalue weighted by Crippen LogP contribution is 2.38. The quantitative estimate of drug-likeness (QED) is 0.764. The second kappa shape index (κ2) is 4.57. The maximum absolute atomic E-state index is 14.2. The number of hydrogen-bond donors (Lipinski definition) is 0. The number of rotatable bonds is 1. The summed E-state index contributed by atoms with van der Waals surface area (Å²) >= 11 is 0. The Labute approximate surface area is 120 Å². The van der Waals surface area contributed by atoms with Gasteiger partial charge in [0.05, 0.1) is 0 Å². The van der Waals surface area contributed by atoms with Crippen LogP contribution in [0.25, 0.3) is 0 Å². The van der Waals surface area contributed by atoms with E-state index in [9.17, 15) is 9.18 Å². The van der Waals surface area contributed by atoms with Gasteiger partial charge in [-0.25, -0.2) is 4.39 Å². The summed E-state index contributed by atoms with van der Waals surface area (Å²) in [4.78, 5) is 14.5. The second-order valence-electron chi connectivity index (χ2n) is 7.24. The monoisotopic (exact) mass is 275 g/mol. The highest BCUT2D eigenvalue weighted by molar-refractivity contribution is 5.94. The zero-order valence-corrected chi connectivity index (χ0v) is 12.4. The minimum Gasteiger partial charge on any atom is -0.335 e. The van der Waals surface area contributed by atoms with Crippen molar-refractivity contribution < 1.29 is 9.18 Å². The van der Waals surface area contributed by atoms with Crippen molar-refractivity contribution in [1.29, 1.82) is 0 Å². The first-order valence-corrected chi connectivity index (χ1v) is 7.47. The van der Waals surface area contributed by atoms with Crippen LogP contribution in [0.4, 0.5) is 4.39 Å². The second-order valence-corrected chi connectivity index (χ2v) is 7.24. The Morgan fingerprint density at radius 3 is 2.55 bits per heavy atom. The zero-order chi connectivity index (χ0) is 14.5. The summed E-state index contributed by atoms with van der Waals surface area (Å²) in [6.45, 7) is 6.79. The molecule has 1 amide bonds. The number of benzene rings is 1. The average molecular weight is 275 g/mol. The Morgan fingerprint density at radius 1 is 1.30 bits per heavy atom. The van der Waals surface area contributed by atoms with E-state index >= 15 is 0 Å². The van der Waals surface area contributed by atoms with Crippen LogP contribution in [0.15, 0.2) is 18.2 Å². The molecule has 1 aromatic carbocycles. The number of halogens is 1. The molecule has 1 saturated carbocycles. The summed E-state index contributed by atoms with van der Waals surface area (Å²) in [5.74, 6) is 0.395. The lowest BCUT2D eigenvalue weighted by Crippen LogP contribution is -2.37. The minimum absolute atomic E-state index is 0.00319. The Bertz CT molecular complexity index is 546. The van der Waals surface area contributed by atoms with Gasteiger partial charge in [-0.2, -0.15) is 0 Å². The van der Waals surface area contributed by atoms with Crippen LogP contribution in [0.1, 0.15) is 56.0 Å². The minimum atomic E-state index is -0.271. The van der Waals surface area contributed by atoms with Crippen molar-refractivity contribution in [2.75, 3.05) is 6.54 Å². The third-order valence-corrected chi connectivity index (χ3v) is 4.69. The maximum Gasteiger partial charge on any atom is 0.254 e. The third-order valence-electron chi connectivity index (χ3n) is 4.69. The number of fused-ring (bicyclic) bond motifs is 2. The lowest BCUT2D eigenvalue weighted by Gasteiger charge is -2.27. The van der Waals surface area contributed by atoms with Crippen molar-refractivity contribution in [1.82, 2.24) is 4.90 Å². The maximum atomic E-state index is 14.2. The molecule has 2 unspecified atom stereocenters. The van der Waals surface area contributed by atoms with Crippen molar-refractivity contribution in [2.24, 2.45) is 5.92 Å². The fourth-order valence-corrected chi connectivity index (χ4v) is 3.60. The van der Waals surface area contributed by atoms with Crippen LogP contribution in [0.2, 0.25) is 0 Å².